The van der Waals surface area contributed by atoms with Gasteiger partial charge in [-0.05, 0) is 42.8 Å². The van der Waals surface area contributed by atoms with Gasteiger partial charge in [-0.1, -0.05) is 26.7 Å². The lowest BCUT2D eigenvalue weighted by molar-refractivity contribution is 0.194. The van der Waals surface area contributed by atoms with Crippen LogP contribution in [0.1, 0.15) is 46.0 Å². The number of aromatic amines is 2. The van der Waals surface area contributed by atoms with Crippen LogP contribution >= 0.6 is 12.2 Å². The molecule has 1 fully saturated rings. The SMILES string of the molecule is CC(C)CC1(Cn2c(=O)[nH][nH]c2=S)CCCC1. The van der Waals surface area contributed by atoms with Crippen molar-refractivity contribution < 1.29 is 0 Å². The fourth-order valence-electron chi connectivity index (χ4n) is 3.23. The summed E-state index contributed by atoms with van der Waals surface area (Å²) in [6.45, 7) is 5.27. The molecule has 0 aromatic carbocycles. The maximum Gasteiger partial charge on any atom is 0.342 e. The topological polar surface area (TPSA) is 53.6 Å². The summed E-state index contributed by atoms with van der Waals surface area (Å²) in [5.41, 5.74) is 0.173. The number of hydrogen-bond acceptors (Lipinski definition) is 2. The number of rotatable bonds is 4. The molecular formula is C12H21N3OS. The fraction of sp³-hybridized carbons (Fsp3) is 0.833. The summed E-state index contributed by atoms with van der Waals surface area (Å²) in [6, 6.07) is 0. The van der Waals surface area contributed by atoms with Crippen LogP contribution in [0.15, 0.2) is 4.79 Å². The van der Waals surface area contributed by atoms with Crippen LogP contribution in [0.5, 0.6) is 0 Å². The summed E-state index contributed by atoms with van der Waals surface area (Å²) in [7, 11) is 0. The zero-order valence-corrected chi connectivity index (χ0v) is 11.4. The molecule has 0 aliphatic heterocycles. The van der Waals surface area contributed by atoms with Crippen molar-refractivity contribution in [3.05, 3.63) is 15.3 Å². The summed E-state index contributed by atoms with van der Waals surface area (Å²) < 4.78 is 2.20. The van der Waals surface area contributed by atoms with Crippen molar-refractivity contribution in [2.45, 2.75) is 52.5 Å². The maximum absolute atomic E-state index is 11.7. The molecule has 0 bridgehead atoms. The second-order valence-corrected chi connectivity index (χ2v) is 6.14. The Morgan fingerprint density at radius 3 is 2.47 bits per heavy atom. The van der Waals surface area contributed by atoms with Crippen molar-refractivity contribution in [2.24, 2.45) is 11.3 Å². The molecule has 96 valence electrons. The van der Waals surface area contributed by atoms with E-state index in [1.807, 2.05) is 0 Å². The molecule has 2 rings (SSSR count). The molecule has 2 N–H and O–H groups in total. The zero-order valence-electron chi connectivity index (χ0n) is 10.6. The van der Waals surface area contributed by atoms with E-state index in [1.165, 1.54) is 32.1 Å². The van der Waals surface area contributed by atoms with Crippen LogP contribution in [0.4, 0.5) is 0 Å². The Bertz CT molecular complexity index is 449. The molecule has 1 saturated carbocycles. The highest BCUT2D eigenvalue weighted by Gasteiger charge is 2.35. The van der Waals surface area contributed by atoms with Crippen LogP contribution in [-0.4, -0.2) is 14.8 Å². The summed E-state index contributed by atoms with van der Waals surface area (Å²) >= 11 is 5.15. The van der Waals surface area contributed by atoms with Gasteiger partial charge in [0.15, 0.2) is 4.77 Å². The molecule has 5 heteroatoms. The highest BCUT2D eigenvalue weighted by Crippen LogP contribution is 2.44. The van der Waals surface area contributed by atoms with Crippen LogP contribution in [0.2, 0.25) is 0 Å². The minimum absolute atomic E-state index is 0.106. The molecular weight excluding hydrogens is 234 g/mol. The smallest absolute Gasteiger partial charge is 0.272 e. The Labute approximate surface area is 106 Å². The Kier molecular flexibility index (Phi) is 3.56. The Morgan fingerprint density at radius 2 is 2.00 bits per heavy atom. The molecule has 1 aromatic rings. The van der Waals surface area contributed by atoms with Crippen molar-refractivity contribution in [3.8, 4) is 0 Å². The average Bonchev–Trinajstić information content (AvgIpc) is 2.80. The van der Waals surface area contributed by atoms with Crippen LogP contribution < -0.4 is 5.69 Å². The van der Waals surface area contributed by atoms with E-state index < -0.39 is 0 Å². The number of aromatic nitrogens is 3. The van der Waals surface area contributed by atoms with Gasteiger partial charge in [-0.3, -0.25) is 9.67 Å². The normalized spacial score (nSPS) is 19.0. The first-order valence-corrected chi connectivity index (χ1v) is 6.81. The average molecular weight is 255 g/mol. The van der Waals surface area contributed by atoms with Crippen molar-refractivity contribution in [1.82, 2.24) is 14.8 Å². The Balaban J connectivity index is 2.24. The van der Waals surface area contributed by atoms with Gasteiger partial charge in [0.25, 0.3) is 0 Å². The monoisotopic (exact) mass is 255 g/mol. The molecule has 0 unspecified atom stereocenters. The second-order valence-electron chi connectivity index (χ2n) is 5.75. The predicted molar refractivity (Wildman–Crippen MR) is 70.6 cm³/mol. The van der Waals surface area contributed by atoms with Gasteiger partial charge >= 0.3 is 5.69 Å². The van der Waals surface area contributed by atoms with Crippen LogP contribution in [0.3, 0.4) is 0 Å². The van der Waals surface area contributed by atoms with Gasteiger partial charge in [0, 0.05) is 6.54 Å². The quantitative estimate of drug-likeness (QED) is 0.813. The Hall–Kier alpha value is -0.840. The van der Waals surface area contributed by atoms with E-state index in [0.29, 0.717) is 10.7 Å². The predicted octanol–water partition coefficient (Wildman–Crippen LogP) is 2.84. The summed E-state index contributed by atoms with van der Waals surface area (Å²) in [4.78, 5) is 11.7. The van der Waals surface area contributed by atoms with E-state index in [0.717, 1.165) is 6.54 Å². The largest absolute Gasteiger partial charge is 0.342 e. The minimum atomic E-state index is -0.106. The molecule has 1 aliphatic rings. The molecule has 17 heavy (non-hydrogen) atoms. The van der Waals surface area contributed by atoms with E-state index in [4.69, 9.17) is 12.2 Å². The molecule has 0 atom stereocenters. The molecule has 0 saturated heterocycles. The van der Waals surface area contributed by atoms with Gasteiger partial charge < -0.3 is 0 Å². The van der Waals surface area contributed by atoms with Gasteiger partial charge in [-0.15, -0.1) is 0 Å². The lowest BCUT2D eigenvalue weighted by atomic mass is 9.78. The molecule has 1 heterocycles. The first-order valence-electron chi connectivity index (χ1n) is 6.40. The van der Waals surface area contributed by atoms with E-state index in [9.17, 15) is 4.79 Å². The number of nitrogens with zero attached hydrogens (tertiary/aromatic N) is 1. The van der Waals surface area contributed by atoms with Gasteiger partial charge in [0.05, 0.1) is 0 Å². The van der Waals surface area contributed by atoms with E-state index in [2.05, 4.69) is 24.0 Å². The van der Waals surface area contributed by atoms with Gasteiger partial charge in [-0.25, -0.2) is 9.89 Å². The van der Waals surface area contributed by atoms with Crippen molar-refractivity contribution in [3.63, 3.8) is 0 Å². The molecule has 0 radical (unpaired) electrons. The standard InChI is InChI=1S/C12H21N3OS/c1-9(2)7-12(5-3-4-6-12)8-15-10(16)13-14-11(15)17/h9H,3-8H2,1-2H3,(H,13,16)(H,14,17). The van der Waals surface area contributed by atoms with Crippen molar-refractivity contribution >= 4 is 12.2 Å². The highest BCUT2D eigenvalue weighted by molar-refractivity contribution is 7.71. The van der Waals surface area contributed by atoms with Crippen LogP contribution in [-0.2, 0) is 6.54 Å². The van der Waals surface area contributed by atoms with Crippen LogP contribution in [0, 0.1) is 16.1 Å². The lowest BCUT2D eigenvalue weighted by Gasteiger charge is -2.30. The third-order valence-electron chi connectivity index (χ3n) is 3.77. The van der Waals surface area contributed by atoms with Crippen LogP contribution in [0.25, 0.3) is 0 Å². The number of hydrogen-bond donors (Lipinski definition) is 2. The fourth-order valence-corrected chi connectivity index (χ4v) is 3.43. The first kappa shape index (κ1) is 12.6. The summed E-state index contributed by atoms with van der Waals surface area (Å²) in [5, 5.41) is 5.28. The lowest BCUT2D eigenvalue weighted by Crippen LogP contribution is -2.30. The zero-order chi connectivity index (χ0) is 12.5. The molecule has 0 spiro atoms. The van der Waals surface area contributed by atoms with Crippen molar-refractivity contribution in [1.29, 1.82) is 0 Å². The summed E-state index contributed by atoms with van der Waals surface area (Å²) in [6.07, 6.45) is 6.18. The summed E-state index contributed by atoms with van der Waals surface area (Å²) in [5.74, 6) is 0.667. The molecule has 0 amide bonds. The molecule has 1 aromatic heterocycles. The Morgan fingerprint density at radius 1 is 1.35 bits per heavy atom. The van der Waals surface area contributed by atoms with Gasteiger partial charge in [-0.2, -0.15) is 0 Å². The van der Waals surface area contributed by atoms with E-state index in [-0.39, 0.29) is 11.1 Å². The third kappa shape index (κ3) is 2.70. The van der Waals surface area contributed by atoms with Gasteiger partial charge in [0.1, 0.15) is 0 Å². The molecule has 4 nitrogen and oxygen atoms in total. The van der Waals surface area contributed by atoms with E-state index >= 15 is 0 Å². The minimum Gasteiger partial charge on any atom is -0.272 e. The van der Waals surface area contributed by atoms with Gasteiger partial charge in [0.2, 0.25) is 0 Å². The second kappa shape index (κ2) is 4.80. The number of nitrogens with one attached hydrogen (secondary N) is 2. The third-order valence-corrected chi connectivity index (χ3v) is 4.09. The first-order chi connectivity index (χ1) is 8.02. The maximum atomic E-state index is 11.7. The van der Waals surface area contributed by atoms with Crippen molar-refractivity contribution in [2.75, 3.05) is 0 Å². The van der Waals surface area contributed by atoms with E-state index in [1.54, 1.807) is 4.57 Å². The molecule has 1 aliphatic carbocycles. The highest BCUT2D eigenvalue weighted by atomic mass is 32.1. The number of H-pyrrole nitrogens is 2.